The van der Waals surface area contributed by atoms with Crippen LogP contribution in [0.5, 0.6) is 17.2 Å². The number of phenolic OH excluding ortho intramolecular Hbond substituents is 3. The number of phenols is 3. The summed E-state index contributed by atoms with van der Waals surface area (Å²) in [5.41, 5.74) is 5.00. The van der Waals surface area contributed by atoms with Crippen LogP contribution < -0.4 is 0 Å². The number of aromatic hydroxyl groups is 3. The Morgan fingerprint density at radius 1 is 0.553 bits per heavy atom. The number of hydrogen-bond donors (Lipinski definition) is 3. The molecule has 0 fully saturated rings. The molecule has 0 aliphatic heterocycles. The molecule has 0 aliphatic rings. The van der Waals surface area contributed by atoms with Gasteiger partial charge in [-0.15, -0.1) is 0 Å². The van der Waals surface area contributed by atoms with Crippen LogP contribution in [0.15, 0.2) is 95.4 Å². The second kappa shape index (κ2) is 9.13. The fourth-order valence-electron chi connectivity index (χ4n) is 5.51. The molecule has 0 atom stereocenters. The molecule has 7 aromatic rings. The summed E-state index contributed by atoms with van der Waals surface area (Å²) < 4.78 is 6.06. The fraction of sp³-hybridized carbons (Fsp3) is 0.0303. The first-order valence-electron chi connectivity index (χ1n) is 12.0. The summed E-state index contributed by atoms with van der Waals surface area (Å²) >= 11 is 0. The van der Waals surface area contributed by atoms with Gasteiger partial charge in [-0.2, -0.15) is 0 Å². The van der Waals surface area contributed by atoms with Gasteiger partial charge in [0, 0.05) is 59.1 Å². The molecule has 0 amide bonds. The maximum atomic E-state index is 11.1. The number of para-hydroxylation sites is 1. The smallest absolute Gasteiger partial charge is 0.135 e. The summed E-state index contributed by atoms with van der Waals surface area (Å²) in [5, 5.41) is 37.9. The normalized spacial score (nSPS) is 11.4. The monoisotopic (exact) mass is 719 g/mol. The van der Waals surface area contributed by atoms with Crippen LogP contribution in [0.25, 0.3) is 65.7 Å². The van der Waals surface area contributed by atoms with Crippen molar-refractivity contribution in [3.8, 4) is 39.5 Å². The summed E-state index contributed by atoms with van der Waals surface area (Å²) in [4.78, 5) is 0. The van der Waals surface area contributed by atoms with Gasteiger partial charge in [0.25, 0.3) is 0 Å². The van der Waals surface area contributed by atoms with Crippen molar-refractivity contribution in [2.75, 3.05) is 0 Å². The van der Waals surface area contributed by atoms with Gasteiger partial charge in [-0.05, 0) is 56.4 Å². The summed E-state index contributed by atoms with van der Waals surface area (Å²) in [6.07, 6.45) is 0. The topological polar surface area (TPSA) is 73.8 Å². The third kappa shape index (κ3) is 3.50. The maximum absolute atomic E-state index is 11.1. The van der Waals surface area contributed by atoms with E-state index in [1.807, 2.05) is 60.7 Å². The van der Waals surface area contributed by atoms with Crippen LogP contribution in [0.4, 0.5) is 0 Å². The SMILES string of the molecule is Cc1c(O)[c-]c(O)c(-c2c3ccccc3c(-c3ccc4oc5ccccc5c4c3)c3ccccc23)c1O.[U]. The van der Waals surface area contributed by atoms with Crippen LogP contribution in [-0.4, -0.2) is 15.3 Å². The van der Waals surface area contributed by atoms with Crippen LogP contribution in [0.1, 0.15) is 5.56 Å². The molecule has 0 radical (unpaired) electrons. The van der Waals surface area contributed by atoms with Crippen molar-refractivity contribution in [1.82, 2.24) is 0 Å². The maximum Gasteiger partial charge on any atom is 0.135 e. The summed E-state index contributed by atoms with van der Waals surface area (Å²) in [6.45, 7) is 1.60. The van der Waals surface area contributed by atoms with E-state index in [1.54, 1.807) is 6.92 Å². The van der Waals surface area contributed by atoms with Crippen molar-refractivity contribution in [3.63, 3.8) is 0 Å². The zero-order chi connectivity index (χ0) is 25.3. The van der Waals surface area contributed by atoms with Crippen LogP contribution in [-0.2, 0) is 0 Å². The van der Waals surface area contributed by atoms with Crippen molar-refractivity contribution < 1.29 is 50.8 Å². The van der Waals surface area contributed by atoms with E-state index in [0.717, 1.165) is 54.6 Å². The van der Waals surface area contributed by atoms with Gasteiger partial charge in [-0.25, -0.2) is 0 Å². The van der Waals surface area contributed by atoms with Crippen LogP contribution in [0.2, 0.25) is 0 Å². The van der Waals surface area contributed by atoms with Gasteiger partial charge in [0.2, 0.25) is 0 Å². The van der Waals surface area contributed by atoms with Gasteiger partial charge in [-0.3, -0.25) is 0 Å². The van der Waals surface area contributed by atoms with Gasteiger partial charge in [0.05, 0.1) is 0 Å². The number of rotatable bonds is 2. The third-order valence-corrected chi connectivity index (χ3v) is 7.27. The Hall–Kier alpha value is -3.91. The van der Waals surface area contributed by atoms with Gasteiger partial charge in [0.15, 0.2) is 0 Å². The van der Waals surface area contributed by atoms with Crippen molar-refractivity contribution in [1.29, 1.82) is 0 Å². The first-order chi connectivity index (χ1) is 18.0. The predicted octanol–water partition coefficient (Wildman–Crippen LogP) is 8.45. The molecule has 3 N–H and O–H groups in total. The number of fused-ring (bicyclic) bond motifs is 5. The number of furan rings is 1. The van der Waals surface area contributed by atoms with Crippen LogP contribution in [0.3, 0.4) is 0 Å². The summed E-state index contributed by atoms with van der Waals surface area (Å²) in [5.74, 6) is -0.734. The molecule has 7 rings (SSSR count). The Kier molecular flexibility index (Phi) is 5.87. The molecular formula is C33H21O4U-. The van der Waals surface area contributed by atoms with Crippen molar-refractivity contribution >= 4 is 43.5 Å². The minimum atomic E-state index is -0.296. The Morgan fingerprint density at radius 3 is 1.71 bits per heavy atom. The zero-order valence-electron chi connectivity index (χ0n) is 20.4. The molecule has 1 heterocycles. The molecule has 0 saturated carbocycles. The van der Waals surface area contributed by atoms with E-state index in [-0.39, 0.29) is 59.5 Å². The van der Waals surface area contributed by atoms with E-state index in [1.165, 1.54) is 0 Å². The second-order valence-corrected chi connectivity index (χ2v) is 9.32. The average Bonchev–Trinajstić information content (AvgIpc) is 3.29. The van der Waals surface area contributed by atoms with Crippen LogP contribution in [0, 0.1) is 44.1 Å². The van der Waals surface area contributed by atoms with Gasteiger partial charge in [0.1, 0.15) is 11.2 Å². The largest absolute Gasteiger partial charge is 0.533 e. The first-order valence-corrected chi connectivity index (χ1v) is 12.0. The van der Waals surface area contributed by atoms with E-state index in [0.29, 0.717) is 5.56 Å². The third-order valence-electron chi connectivity index (χ3n) is 7.27. The molecule has 38 heavy (non-hydrogen) atoms. The van der Waals surface area contributed by atoms with E-state index in [2.05, 4.69) is 36.4 Å². The first kappa shape index (κ1) is 24.4. The molecular weight excluding hydrogens is 698 g/mol. The summed E-state index contributed by atoms with van der Waals surface area (Å²) in [7, 11) is 0. The van der Waals surface area contributed by atoms with Crippen molar-refractivity contribution in [2.24, 2.45) is 0 Å². The van der Waals surface area contributed by atoms with Gasteiger partial charge in [-0.1, -0.05) is 96.9 Å². The molecule has 0 aliphatic carbocycles. The molecule has 1 aromatic heterocycles. The number of benzene rings is 6. The quantitative estimate of drug-likeness (QED) is 0.124. The fourth-order valence-corrected chi connectivity index (χ4v) is 5.51. The molecule has 4 nitrogen and oxygen atoms in total. The van der Waals surface area contributed by atoms with Crippen LogP contribution >= 0.6 is 0 Å². The zero-order valence-corrected chi connectivity index (χ0v) is 24.6. The molecule has 6 aromatic carbocycles. The Labute approximate surface area is 242 Å². The predicted molar refractivity (Wildman–Crippen MR) is 148 cm³/mol. The molecule has 5 heteroatoms. The number of hydrogen-bond acceptors (Lipinski definition) is 4. The van der Waals surface area contributed by atoms with E-state index >= 15 is 0 Å². The van der Waals surface area contributed by atoms with E-state index in [4.69, 9.17) is 4.42 Å². The van der Waals surface area contributed by atoms with E-state index < -0.39 is 0 Å². The summed E-state index contributed by atoms with van der Waals surface area (Å²) in [6, 6.07) is 32.9. The van der Waals surface area contributed by atoms with Crippen molar-refractivity contribution in [3.05, 3.63) is 103 Å². The van der Waals surface area contributed by atoms with Gasteiger partial charge < -0.3 is 19.7 Å². The molecule has 0 unspecified atom stereocenters. The minimum absolute atomic E-state index is 0. The standard InChI is InChI=1S/C33H21O4.U/c1-18-26(34)17-27(35)32(33(18)36)31-23-11-4-2-9-21(23)30(22-10-3-5-12-24(22)31)19-14-15-29-25(16-19)20-8-6-7-13-28(20)37-29;/h2-16,34-36H,1H3;/q-1;. The molecule has 0 spiro atoms. The van der Waals surface area contributed by atoms with Crippen molar-refractivity contribution in [2.45, 2.75) is 6.92 Å². The second-order valence-electron chi connectivity index (χ2n) is 9.32. The Morgan fingerprint density at radius 2 is 1.08 bits per heavy atom. The Balaban J connectivity index is 0.00000264. The molecule has 0 saturated heterocycles. The minimum Gasteiger partial charge on any atom is -0.533 e. The average molecular weight is 720 g/mol. The van der Waals surface area contributed by atoms with E-state index in [9.17, 15) is 15.3 Å². The Bertz CT molecular complexity index is 1980. The molecule has 182 valence electrons. The molecule has 0 bridgehead atoms. The van der Waals surface area contributed by atoms with Gasteiger partial charge >= 0.3 is 0 Å².